The highest BCUT2D eigenvalue weighted by Crippen LogP contribution is 1.99. The average Bonchev–Trinajstić information content (AvgIpc) is 2.25. The maximum Gasteiger partial charge on any atom is 0.320 e. The van der Waals surface area contributed by atoms with E-state index in [1.165, 1.54) is 0 Å². The minimum absolute atomic E-state index is 0.238. The SMILES string of the molecule is CC(NCOCc1ccccc1)C(=O)O. The van der Waals surface area contributed by atoms with Gasteiger partial charge in [0.2, 0.25) is 0 Å². The summed E-state index contributed by atoms with van der Waals surface area (Å²) in [5.41, 5.74) is 1.07. The number of carbonyl (C=O) groups is 1. The first kappa shape index (κ1) is 11.7. The molecule has 0 aliphatic carbocycles. The van der Waals surface area contributed by atoms with E-state index in [0.29, 0.717) is 6.61 Å². The fourth-order valence-electron chi connectivity index (χ4n) is 1.01. The molecule has 0 bridgehead atoms. The number of benzene rings is 1. The molecule has 4 nitrogen and oxygen atoms in total. The Hall–Kier alpha value is -1.39. The molecule has 2 N–H and O–H groups in total. The van der Waals surface area contributed by atoms with Crippen LogP contribution in [0.3, 0.4) is 0 Å². The summed E-state index contributed by atoms with van der Waals surface area (Å²) in [6, 6.07) is 9.15. The van der Waals surface area contributed by atoms with Crippen LogP contribution in [0.15, 0.2) is 30.3 Å². The lowest BCUT2D eigenvalue weighted by Gasteiger charge is -2.09. The third-order valence-electron chi connectivity index (χ3n) is 1.97. The molecule has 1 unspecified atom stereocenters. The van der Waals surface area contributed by atoms with Gasteiger partial charge in [-0.3, -0.25) is 10.1 Å². The van der Waals surface area contributed by atoms with Gasteiger partial charge in [0.1, 0.15) is 6.04 Å². The van der Waals surface area contributed by atoms with Gasteiger partial charge in [0.25, 0.3) is 0 Å². The molecule has 0 aromatic heterocycles. The number of aliphatic carboxylic acids is 1. The average molecular weight is 209 g/mol. The van der Waals surface area contributed by atoms with Crippen LogP contribution in [0.4, 0.5) is 0 Å². The van der Waals surface area contributed by atoms with E-state index >= 15 is 0 Å². The number of nitrogens with one attached hydrogen (secondary N) is 1. The van der Waals surface area contributed by atoms with Crippen molar-refractivity contribution in [2.45, 2.75) is 19.6 Å². The van der Waals surface area contributed by atoms with E-state index < -0.39 is 12.0 Å². The number of rotatable bonds is 6. The fraction of sp³-hybridized carbons (Fsp3) is 0.364. The summed E-state index contributed by atoms with van der Waals surface area (Å²) in [7, 11) is 0. The second-order valence-electron chi connectivity index (χ2n) is 3.24. The fourth-order valence-corrected chi connectivity index (χ4v) is 1.01. The van der Waals surface area contributed by atoms with Crippen LogP contribution in [0.1, 0.15) is 12.5 Å². The monoisotopic (exact) mass is 209 g/mol. The summed E-state index contributed by atoms with van der Waals surface area (Å²) in [5.74, 6) is -0.877. The Morgan fingerprint density at radius 2 is 2.13 bits per heavy atom. The highest BCUT2D eigenvalue weighted by Gasteiger charge is 2.08. The molecular formula is C11H15NO3. The molecule has 1 aromatic carbocycles. The van der Waals surface area contributed by atoms with Gasteiger partial charge in [-0.1, -0.05) is 30.3 Å². The summed E-state index contributed by atoms with van der Waals surface area (Å²) < 4.78 is 5.27. The summed E-state index contributed by atoms with van der Waals surface area (Å²) >= 11 is 0. The smallest absolute Gasteiger partial charge is 0.320 e. The molecule has 0 aliphatic rings. The first-order valence-corrected chi connectivity index (χ1v) is 4.78. The van der Waals surface area contributed by atoms with Crippen LogP contribution < -0.4 is 5.32 Å². The Labute approximate surface area is 88.9 Å². The molecule has 82 valence electrons. The predicted molar refractivity (Wildman–Crippen MR) is 56.3 cm³/mol. The molecule has 0 saturated heterocycles. The van der Waals surface area contributed by atoms with Crippen LogP contribution in [0, 0.1) is 0 Å². The third kappa shape index (κ3) is 4.58. The molecule has 0 radical (unpaired) electrons. The topological polar surface area (TPSA) is 58.6 Å². The van der Waals surface area contributed by atoms with Crippen molar-refractivity contribution in [2.75, 3.05) is 6.73 Å². The van der Waals surface area contributed by atoms with Crippen molar-refractivity contribution in [3.8, 4) is 0 Å². The van der Waals surface area contributed by atoms with Gasteiger partial charge in [0, 0.05) is 0 Å². The molecule has 4 heteroatoms. The molecule has 15 heavy (non-hydrogen) atoms. The van der Waals surface area contributed by atoms with E-state index in [-0.39, 0.29) is 6.73 Å². The molecule has 0 spiro atoms. The van der Waals surface area contributed by atoms with Crippen molar-refractivity contribution < 1.29 is 14.6 Å². The lowest BCUT2D eigenvalue weighted by molar-refractivity contribution is -0.139. The minimum Gasteiger partial charge on any atom is -0.480 e. The van der Waals surface area contributed by atoms with Crippen molar-refractivity contribution in [3.05, 3.63) is 35.9 Å². The molecule has 1 atom stereocenters. The zero-order chi connectivity index (χ0) is 11.1. The number of hydrogen-bond acceptors (Lipinski definition) is 3. The van der Waals surface area contributed by atoms with Gasteiger partial charge in [-0.25, -0.2) is 0 Å². The molecule has 0 aliphatic heterocycles. The normalized spacial score (nSPS) is 12.3. The zero-order valence-electron chi connectivity index (χ0n) is 8.64. The Kier molecular flexibility index (Phi) is 4.80. The number of ether oxygens (including phenoxy) is 1. The van der Waals surface area contributed by atoms with Gasteiger partial charge in [0.05, 0.1) is 13.3 Å². The summed E-state index contributed by atoms with van der Waals surface area (Å²) in [6.45, 7) is 2.30. The van der Waals surface area contributed by atoms with Crippen LogP contribution in [-0.2, 0) is 16.1 Å². The van der Waals surface area contributed by atoms with E-state index in [1.54, 1.807) is 6.92 Å². The Bertz CT molecular complexity index is 300. The van der Waals surface area contributed by atoms with Gasteiger partial charge in [-0.15, -0.1) is 0 Å². The first-order chi connectivity index (χ1) is 7.20. The highest BCUT2D eigenvalue weighted by atomic mass is 16.5. The minimum atomic E-state index is -0.877. The van der Waals surface area contributed by atoms with Gasteiger partial charge < -0.3 is 9.84 Å². The Balaban J connectivity index is 2.15. The third-order valence-corrected chi connectivity index (χ3v) is 1.97. The van der Waals surface area contributed by atoms with Gasteiger partial charge in [0.15, 0.2) is 0 Å². The lowest BCUT2D eigenvalue weighted by atomic mass is 10.2. The van der Waals surface area contributed by atoms with Gasteiger partial charge in [-0.2, -0.15) is 0 Å². The second-order valence-corrected chi connectivity index (χ2v) is 3.24. The van der Waals surface area contributed by atoms with Gasteiger partial charge in [-0.05, 0) is 12.5 Å². The summed E-state index contributed by atoms with van der Waals surface area (Å²) in [4.78, 5) is 10.4. The standard InChI is InChI=1S/C11H15NO3/c1-9(11(13)14)12-8-15-7-10-5-3-2-4-6-10/h2-6,9,12H,7-8H2,1H3,(H,13,14). The molecule has 0 heterocycles. The van der Waals surface area contributed by atoms with Crippen LogP contribution in [-0.4, -0.2) is 23.8 Å². The largest absolute Gasteiger partial charge is 0.480 e. The van der Waals surface area contributed by atoms with E-state index in [1.807, 2.05) is 30.3 Å². The van der Waals surface area contributed by atoms with Crippen LogP contribution in [0.5, 0.6) is 0 Å². The molecular weight excluding hydrogens is 194 g/mol. The van der Waals surface area contributed by atoms with Crippen molar-refractivity contribution >= 4 is 5.97 Å². The van der Waals surface area contributed by atoms with E-state index in [4.69, 9.17) is 9.84 Å². The van der Waals surface area contributed by atoms with Crippen LogP contribution >= 0.6 is 0 Å². The van der Waals surface area contributed by atoms with Crippen molar-refractivity contribution in [1.82, 2.24) is 5.32 Å². The number of carboxylic acids is 1. The van der Waals surface area contributed by atoms with Crippen LogP contribution in [0.2, 0.25) is 0 Å². The number of carboxylic acid groups (broad SMARTS) is 1. The molecule has 1 rings (SSSR count). The Morgan fingerprint density at radius 3 is 2.73 bits per heavy atom. The van der Waals surface area contributed by atoms with Gasteiger partial charge >= 0.3 is 5.97 Å². The second kappa shape index (κ2) is 6.16. The summed E-state index contributed by atoms with van der Waals surface area (Å²) in [6.07, 6.45) is 0. The van der Waals surface area contributed by atoms with Crippen molar-refractivity contribution in [2.24, 2.45) is 0 Å². The highest BCUT2D eigenvalue weighted by molar-refractivity contribution is 5.72. The zero-order valence-corrected chi connectivity index (χ0v) is 8.64. The maximum absolute atomic E-state index is 10.4. The molecule has 1 aromatic rings. The van der Waals surface area contributed by atoms with E-state index in [0.717, 1.165) is 5.56 Å². The van der Waals surface area contributed by atoms with Crippen LogP contribution in [0.25, 0.3) is 0 Å². The molecule has 0 saturated carbocycles. The van der Waals surface area contributed by atoms with Crippen molar-refractivity contribution in [1.29, 1.82) is 0 Å². The maximum atomic E-state index is 10.4. The molecule has 0 amide bonds. The van der Waals surface area contributed by atoms with E-state index in [2.05, 4.69) is 5.32 Å². The quantitative estimate of drug-likeness (QED) is 0.546. The van der Waals surface area contributed by atoms with Crippen molar-refractivity contribution in [3.63, 3.8) is 0 Å². The first-order valence-electron chi connectivity index (χ1n) is 4.78. The predicted octanol–water partition coefficient (Wildman–Crippen LogP) is 1.22. The molecule has 0 fully saturated rings. The number of hydrogen-bond donors (Lipinski definition) is 2. The lowest BCUT2D eigenvalue weighted by Crippen LogP contribution is -2.35. The summed E-state index contributed by atoms with van der Waals surface area (Å²) in [5, 5.41) is 11.3. The Morgan fingerprint density at radius 1 is 1.47 bits per heavy atom. The van der Waals surface area contributed by atoms with E-state index in [9.17, 15) is 4.79 Å².